The molecule has 0 radical (unpaired) electrons. The first-order valence-corrected chi connectivity index (χ1v) is 9.33. The van der Waals surface area contributed by atoms with Crippen molar-refractivity contribution < 1.29 is 13.2 Å². The molecule has 0 aliphatic rings. The van der Waals surface area contributed by atoms with Crippen LogP contribution in [0.2, 0.25) is 10.0 Å². The highest BCUT2D eigenvalue weighted by atomic mass is 35.5. The number of ether oxygens (including phenoxy) is 1. The highest BCUT2D eigenvalue weighted by Gasteiger charge is 2.18. The summed E-state index contributed by atoms with van der Waals surface area (Å²) in [5.74, 6) is 0.759. The second-order valence-electron chi connectivity index (χ2n) is 4.76. The lowest BCUT2D eigenvalue weighted by Gasteiger charge is -2.11. The summed E-state index contributed by atoms with van der Waals surface area (Å²) in [6, 6.07) is 11.9. The number of benzene rings is 2. The fourth-order valence-corrected chi connectivity index (χ4v) is 3.88. The predicted molar refractivity (Wildman–Crippen MR) is 93.0 cm³/mol. The highest BCUT2D eigenvalue weighted by molar-refractivity contribution is 7.89. The average molecular weight is 374 g/mol. The van der Waals surface area contributed by atoms with Crippen molar-refractivity contribution in [3.05, 3.63) is 58.1 Å². The molecule has 23 heavy (non-hydrogen) atoms. The van der Waals surface area contributed by atoms with Crippen LogP contribution in [0.3, 0.4) is 0 Å². The van der Waals surface area contributed by atoms with Gasteiger partial charge in [0, 0.05) is 11.6 Å². The number of sulfonamides is 1. The zero-order chi connectivity index (χ0) is 16.9. The molecule has 0 aromatic heterocycles. The maximum atomic E-state index is 12.3. The summed E-state index contributed by atoms with van der Waals surface area (Å²) in [6.07, 6.45) is 0.508. The second kappa shape index (κ2) is 8.02. The Labute approximate surface area is 146 Å². The van der Waals surface area contributed by atoms with Gasteiger partial charge in [-0.25, -0.2) is 13.1 Å². The van der Waals surface area contributed by atoms with Gasteiger partial charge in [-0.05, 0) is 43.2 Å². The molecule has 0 saturated carbocycles. The molecule has 0 aliphatic heterocycles. The third-order valence-electron chi connectivity index (χ3n) is 3.14. The van der Waals surface area contributed by atoms with Crippen LogP contribution in [0, 0.1) is 0 Å². The summed E-state index contributed by atoms with van der Waals surface area (Å²) in [4.78, 5) is -0.0234. The number of nitrogens with one attached hydrogen (secondary N) is 1. The van der Waals surface area contributed by atoms with Crippen LogP contribution in [0.15, 0.2) is 47.4 Å². The van der Waals surface area contributed by atoms with E-state index in [-0.39, 0.29) is 16.5 Å². The number of hydrogen-bond acceptors (Lipinski definition) is 3. The molecule has 7 heteroatoms. The molecule has 0 bridgehead atoms. The zero-order valence-electron chi connectivity index (χ0n) is 12.6. The Hall–Kier alpha value is -1.27. The Morgan fingerprint density at radius 2 is 1.87 bits per heavy atom. The SMILES string of the molecule is CCOc1ccccc1CCNS(=O)(=O)c1cc(Cl)ccc1Cl. The van der Waals surface area contributed by atoms with E-state index in [4.69, 9.17) is 27.9 Å². The second-order valence-corrected chi connectivity index (χ2v) is 7.34. The first kappa shape index (κ1) is 18.1. The quantitative estimate of drug-likeness (QED) is 0.800. The first-order chi connectivity index (χ1) is 10.9. The first-order valence-electron chi connectivity index (χ1n) is 7.09. The molecule has 0 atom stereocenters. The van der Waals surface area contributed by atoms with Crippen LogP contribution in [-0.4, -0.2) is 21.6 Å². The minimum Gasteiger partial charge on any atom is -0.494 e. The fourth-order valence-electron chi connectivity index (χ4n) is 2.09. The van der Waals surface area contributed by atoms with Crippen molar-refractivity contribution in [1.82, 2.24) is 4.72 Å². The van der Waals surface area contributed by atoms with Crippen molar-refractivity contribution in [3.8, 4) is 5.75 Å². The number of hydrogen-bond donors (Lipinski definition) is 1. The van der Waals surface area contributed by atoms with Gasteiger partial charge in [-0.3, -0.25) is 0 Å². The molecule has 0 heterocycles. The van der Waals surface area contributed by atoms with Crippen LogP contribution >= 0.6 is 23.2 Å². The third kappa shape index (κ3) is 4.85. The van der Waals surface area contributed by atoms with Gasteiger partial charge in [-0.2, -0.15) is 0 Å². The number of rotatable bonds is 7. The lowest BCUT2D eigenvalue weighted by Crippen LogP contribution is -2.26. The third-order valence-corrected chi connectivity index (χ3v) is 5.32. The van der Waals surface area contributed by atoms with E-state index in [0.717, 1.165) is 11.3 Å². The smallest absolute Gasteiger partial charge is 0.242 e. The fraction of sp³-hybridized carbons (Fsp3) is 0.250. The number of para-hydroxylation sites is 1. The molecule has 2 aromatic rings. The van der Waals surface area contributed by atoms with Crippen LogP contribution in [-0.2, 0) is 16.4 Å². The lowest BCUT2D eigenvalue weighted by molar-refractivity contribution is 0.336. The van der Waals surface area contributed by atoms with Crippen molar-refractivity contribution in [3.63, 3.8) is 0 Å². The van der Waals surface area contributed by atoms with E-state index in [1.54, 1.807) is 6.07 Å². The molecule has 0 fully saturated rings. The normalized spacial score (nSPS) is 11.4. The van der Waals surface area contributed by atoms with Gasteiger partial charge in [0.1, 0.15) is 10.6 Å². The van der Waals surface area contributed by atoms with Gasteiger partial charge < -0.3 is 4.74 Å². The van der Waals surface area contributed by atoms with Crippen molar-refractivity contribution in [2.24, 2.45) is 0 Å². The molecule has 0 spiro atoms. The number of halogens is 2. The van der Waals surface area contributed by atoms with Gasteiger partial charge >= 0.3 is 0 Å². The molecule has 1 N–H and O–H groups in total. The molecule has 124 valence electrons. The standard InChI is InChI=1S/C16H17Cl2NO3S/c1-2-22-15-6-4-3-5-12(15)9-10-19-23(20,21)16-11-13(17)7-8-14(16)18/h3-8,11,19H,2,9-10H2,1H3. The van der Waals surface area contributed by atoms with Crippen molar-refractivity contribution in [1.29, 1.82) is 0 Å². The molecular weight excluding hydrogens is 357 g/mol. The zero-order valence-corrected chi connectivity index (χ0v) is 14.9. The summed E-state index contributed by atoms with van der Waals surface area (Å²) in [6.45, 7) is 2.69. The lowest BCUT2D eigenvalue weighted by atomic mass is 10.1. The summed E-state index contributed by atoms with van der Waals surface area (Å²) in [5, 5.41) is 0.452. The van der Waals surface area contributed by atoms with Crippen LogP contribution in [0.5, 0.6) is 5.75 Å². The van der Waals surface area contributed by atoms with E-state index in [1.165, 1.54) is 12.1 Å². The minimum atomic E-state index is -3.72. The summed E-state index contributed by atoms with van der Waals surface area (Å²) in [5.41, 5.74) is 0.939. The Balaban J connectivity index is 2.07. The Morgan fingerprint density at radius 3 is 2.61 bits per heavy atom. The van der Waals surface area contributed by atoms with Crippen molar-refractivity contribution >= 4 is 33.2 Å². The van der Waals surface area contributed by atoms with Crippen molar-refractivity contribution in [2.45, 2.75) is 18.2 Å². The van der Waals surface area contributed by atoms with Crippen LogP contribution in [0.1, 0.15) is 12.5 Å². The molecule has 4 nitrogen and oxygen atoms in total. The Bertz CT molecular complexity index is 779. The van der Waals surface area contributed by atoms with Gasteiger partial charge in [0.2, 0.25) is 10.0 Å². The van der Waals surface area contributed by atoms with Crippen LogP contribution < -0.4 is 9.46 Å². The Morgan fingerprint density at radius 1 is 1.13 bits per heavy atom. The van der Waals surface area contributed by atoms with Gasteiger partial charge in [-0.1, -0.05) is 41.4 Å². The Kier molecular flexibility index (Phi) is 6.30. The van der Waals surface area contributed by atoms with Crippen molar-refractivity contribution in [2.75, 3.05) is 13.2 Å². The van der Waals surface area contributed by atoms with E-state index in [2.05, 4.69) is 4.72 Å². The maximum Gasteiger partial charge on any atom is 0.242 e. The molecular formula is C16H17Cl2NO3S. The minimum absolute atomic E-state index is 0.0234. The van der Waals surface area contributed by atoms with E-state index in [9.17, 15) is 8.42 Å². The van der Waals surface area contributed by atoms with E-state index in [0.29, 0.717) is 18.1 Å². The summed E-state index contributed by atoms with van der Waals surface area (Å²) >= 11 is 11.8. The molecule has 2 rings (SSSR count). The molecule has 0 unspecified atom stereocenters. The predicted octanol–water partition coefficient (Wildman–Crippen LogP) is 3.91. The van der Waals surface area contributed by atoms with Crippen LogP contribution in [0.25, 0.3) is 0 Å². The maximum absolute atomic E-state index is 12.3. The average Bonchev–Trinajstić information content (AvgIpc) is 2.51. The highest BCUT2D eigenvalue weighted by Crippen LogP contribution is 2.25. The molecule has 0 aliphatic carbocycles. The summed E-state index contributed by atoms with van der Waals surface area (Å²) in [7, 11) is -3.72. The van der Waals surface area contributed by atoms with Gasteiger partial charge in [0.15, 0.2) is 0 Å². The van der Waals surface area contributed by atoms with Gasteiger partial charge in [0.25, 0.3) is 0 Å². The van der Waals surface area contributed by atoms with E-state index in [1.807, 2.05) is 31.2 Å². The topological polar surface area (TPSA) is 55.4 Å². The largest absolute Gasteiger partial charge is 0.494 e. The molecule has 0 saturated heterocycles. The van der Waals surface area contributed by atoms with E-state index < -0.39 is 10.0 Å². The van der Waals surface area contributed by atoms with Crippen LogP contribution in [0.4, 0.5) is 0 Å². The van der Waals surface area contributed by atoms with Gasteiger partial charge in [-0.15, -0.1) is 0 Å². The molecule has 2 aromatic carbocycles. The van der Waals surface area contributed by atoms with Gasteiger partial charge in [0.05, 0.1) is 11.6 Å². The van der Waals surface area contributed by atoms with E-state index >= 15 is 0 Å². The monoisotopic (exact) mass is 373 g/mol. The summed E-state index contributed by atoms with van der Waals surface area (Å²) < 4.78 is 32.7. The molecule has 0 amide bonds.